The summed E-state index contributed by atoms with van der Waals surface area (Å²) in [6.07, 6.45) is 2.18. The number of halogens is 1. The SMILES string of the molecule is Cc1cc(CNC(C)c2nnc3n2CCC3)ccc1F. The Morgan fingerprint density at radius 1 is 1.40 bits per heavy atom. The molecule has 0 radical (unpaired) electrons. The Balaban J connectivity index is 1.67. The lowest BCUT2D eigenvalue weighted by atomic mass is 10.1. The third-order valence-corrected chi connectivity index (χ3v) is 3.86. The molecule has 1 unspecified atom stereocenters. The topological polar surface area (TPSA) is 42.7 Å². The van der Waals surface area contributed by atoms with Crippen molar-refractivity contribution in [3.63, 3.8) is 0 Å². The Kier molecular flexibility index (Phi) is 3.53. The van der Waals surface area contributed by atoms with Crippen molar-refractivity contribution in [3.8, 4) is 0 Å². The average Bonchev–Trinajstić information content (AvgIpc) is 3.02. The van der Waals surface area contributed by atoms with Crippen LogP contribution in [0.2, 0.25) is 0 Å². The second-order valence-corrected chi connectivity index (χ2v) is 5.42. The first-order valence-electron chi connectivity index (χ1n) is 7.05. The molecule has 0 fully saturated rings. The van der Waals surface area contributed by atoms with Crippen molar-refractivity contribution in [1.82, 2.24) is 20.1 Å². The van der Waals surface area contributed by atoms with Gasteiger partial charge in [0.1, 0.15) is 17.5 Å². The Bertz CT molecular complexity index is 620. The monoisotopic (exact) mass is 274 g/mol. The number of benzene rings is 1. The highest BCUT2D eigenvalue weighted by atomic mass is 19.1. The quantitative estimate of drug-likeness (QED) is 0.931. The molecule has 0 saturated carbocycles. The van der Waals surface area contributed by atoms with Crippen LogP contribution in [0.4, 0.5) is 4.39 Å². The van der Waals surface area contributed by atoms with E-state index in [0.717, 1.165) is 36.6 Å². The minimum absolute atomic E-state index is 0.139. The molecule has 1 aliphatic heterocycles. The summed E-state index contributed by atoms with van der Waals surface area (Å²) in [6, 6.07) is 5.35. The first-order valence-corrected chi connectivity index (χ1v) is 7.05. The summed E-state index contributed by atoms with van der Waals surface area (Å²) < 4.78 is 15.4. The number of hydrogen-bond acceptors (Lipinski definition) is 3. The molecule has 3 rings (SSSR count). The van der Waals surface area contributed by atoms with Crippen LogP contribution < -0.4 is 5.32 Å². The first-order chi connectivity index (χ1) is 9.65. The Hall–Kier alpha value is -1.75. The molecular formula is C15H19FN4. The van der Waals surface area contributed by atoms with E-state index in [1.807, 2.05) is 12.1 Å². The summed E-state index contributed by atoms with van der Waals surface area (Å²) in [7, 11) is 0. The highest BCUT2D eigenvalue weighted by Gasteiger charge is 2.20. The van der Waals surface area contributed by atoms with Crippen molar-refractivity contribution in [1.29, 1.82) is 0 Å². The van der Waals surface area contributed by atoms with Gasteiger partial charge in [-0.05, 0) is 37.5 Å². The fourth-order valence-corrected chi connectivity index (χ4v) is 2.67. The van der Waals surface area contributed by atoms with Crippen LogP contribution in [0, 0.1) is 12.7 Å². The molecule has 4 nitrogen and oxygen atoms in total. The molecule has 1 atom stereocenters. The molecule has 0 amide bonds. The van der Waals surface area contributed by atoms with E-state index in [1.165, 1.54) is 6.07 Å². The molecule has 5 heteroatoms. The number of hydrogen-bond donors (Lipinski definition) is 1. The predicted octanol–water partition coefficient (Wildman–Crippen LogP) is 2.52. The smallest absolute Gasteiger partial charge is 0.149 e. The van der Waals surface area contributed by atoms with Crippen molar-refractivity contribution >= 4 is 0 Å². The van der Waals surface area contributed by atoms with E-state index in [1.54, 1.807) is 6.92 Å². The first kappa shape index (κ1) is 13.2. The van der Waals surface area contributed by atoms with Crippen molar-refractivity contribution in [2.45, 2.75) is 45.8 Å². The van der Waals surface area contributed by atoms with Crippen LogP contribution in [-0.4, -0.2) is 14.8 Å². The number of nitrogens with zero attached hydrogens (tertiary/aromatic N) is 3. The summed E-state index contributed by atoms with van der Waals surface area (Å²) in [6.45, 7) is 5.59. The van der Waals surface area contributed by atoms with Crippen molar-refractivity contribution in [2.24, 2.45) is 0 Å². The van der Waals surface area contributed by atoms with Crippen LogP contribution >= 0.6 is 0 Å². The fraction of sp³-hybridized carbons (Fsp3) is 0.467. The maximum atomic E-state index is 13.2. The molecule has 106 valence electrons. The van der Waals surface area contributed by atoms with Crippen molar-refractivity contribution in [2.75, 3.05) is 0 Å². The second kappa shape index (κ2) is 5.32. The van der Waals surface area contributed by atoms with Gasteiger partial charge in [-0.2, -0.15) is 0 Å². The van der Waals surface area contributed by atoms with Crippen molar-refractivity contribution in [3.05, 3.63) is 46.8 Å². The maximum absolute atomic E-state index is 13.2. The largest absolute Gasteiger partial charge is 0.314 e. The van der Waals surface area contributed by atoms with Gasteiger partial charge in [0.2, 0.25) is 0 Å². The molecule has 0 spiro atoms. The van der Waals surface area contributed by atoms with Crippen LogP contribution in [0.15, 0.2) is 18.2 Å². The molecule has 1 N–H and O–H groups in total. The van der Waals surface area contributed by atoms with Crippen molar-refractivity contribution < 1.29 is 4.39 Å². The Morgan fingerprint density at radius 2 is 2.25 bits per heavy atom. The highest BCUT2D eigenvalue weighted by molar-refractivity contribution is 5.23. The van der Waals surface area contributed by atoms with E-state index in [9.17, 15) is 4.39 Å². The third-order valence-electron chi connectivity index (χ3n) is 3.86. The van der Waals surface area contributed by atoms with E-state index >= 15 is 0 Å². The molecule has 1 aromatic carbocycles. The van der Waals surface area contributed by atoms with Gasteiger partial charge in [-0.25, -0.2) is 4.39 Å². The summed E-state index contributed by atoms with van der Waals surface area (Å²) in [5, 5.41) is 11.9. The van der Waals surface area contributed by atoms with Crippen LogP contribution in [0.3, 0.4) is 0 Å². The zero-order valence-corrected chi connectivity index (χ0v) is 11.9. The number of aryl methyl sites for hydroxylation is 2. The predicted molar refractivity (Wildman–Crippen MR) is 74.7 cm³/mol. The lowest BCUT2D eigenvalue weighted by Crippen LogP contribution is -2.21. The standard InChI is InChI=1S/C15H19FN4/c1-10-8-12(5-6-13(10)16)9-17-11(2)15-19-18-14-4-3-7-20(14)15/h5-6,8,11,17H,3-4,7,9H2,1-2H3. The van der Waals surface area contributed by atoms with Gasteiger partial charge in [0.15, 0.2) is 0 Å². The normalized spacial score (nSPS) is 15.3. The maximum Gasteiger partial charge on any atom is 0.149 e. The van der Waals surface area contributed by atoms with Gasteiger partial charge in [-0.3, -0.25) is 0 Å². The van der Waals surface area contributed by atoms with Gasteiger partial charge in [0, 0.05) is 19.5 Å². The van der Waals surface area contributed by atoms with Gasteiger partial charge in [-0.15, -0.1) is 10.2 Å². The Labute approximate surface area is 118 Å². The Morgan fingerprint density at radius 3 is 3.05 bits per heavy atom. The fourth-order valence-electron chi connectivity index (χ4n) is 2.67. The number of aromatic nitrogens is 3. The number of nitrogens with one attached hydrogen (secondary N) is 1. The van der Waals surface area contributed by atoms with Crippen LogP contribution in [-0.2, 0) is 19.5 Å². The third kappa shape index (κ3) is 2.45. The summed E-state index contributed by atoms with van der Waals surface area (Å²) in [5.41, 5.74) is 1.76. The minimum Gasteiger partial charge on any atom is -0.314 e. The van der Waals surface area contributed by atoms with Crippen LogP contribution in [0.5, 0.6) is 0 Å². The summed E-state index contributed by atoms with van der Waals surface area (Å²) in [4.78, 5) is 0. The van der Waals surface area contributed by atoms with Gasteiger partial charge in [-0.1, -0.05) is 12.1 Å². The minimum atomic E-state index is -0.155. The summed E-state index contributed by atoms with van der Waals surface area (Å²) >= 11 is 0. The molecular weight excluding hydrogens is 255 g/mol. The molecule has 2 heterocycles. The zero-order valence-electron chi connectivity index (χ0n) is 11.9. The van der Waals surface area contributed by atoms with E-state index in [-0.39, 0.29) is 11.9 Å². The van der Waals surface area contributed by atoms with E-state index in [2.05, 4.69) is 27.0 Å². The van der Waals surface area contributed by atoms with Gasteiger partial charge >= 0.3 is 0 Å². The van der Waals surface area contributed by atoms with Crippen LogP contribution in [0.25, 0.3) is 0 Å². The lowest BCUT2D eigenvalue weighted by molar-refractivity contribution is 0.515. The molecule has 2 aromatic rings. The number of fused-ring (bicyclic) bond motifs is 1. The average molecular weight is 274 g/mol. The van der Waals surface area contributed by atoms with Crippen LogP contribution in [0.1, 0.15) is 42.2 Å². The molecule has 1 aromatic heterocycles. The molecule has 20 heavy (non-hydrogen) atoms. The zero-order chi connectivity index (χ0) is 14.1. The van der Waals surface area contributed by atoms with E-state index in [4.69, 9.17) is 0 Å². The lowest BCUT2D eigenvalue weighted by Gasteiger charge is -2.14. The number of rotatable bonds is 4. The van der Waals surface area contributed by atoms with Gasteiger partial charge < -0.3 is 9.88 Å². The molecule has 0 bridgehead atoms. The highest BCUT2D eigenvalue weighted by Crippen LogP contribution is 2.19. The summed E-state index contributed by atoms with van der Waals surface area (Å²) in [5.74, 6) is 1.93. The van der Waals surface area contributed by atoms with Gasteiger partial charge in [0.25, 0.3) is 0 Å². The molecule has 0 saturated heterocycles. The molecule has 1 aliphatic rings. The molecule has 0 aliphatic carbocycles. The second-order valence-electron chi connectivity index (χ2n) is 5.42. The van der Waals surface area contributed by atoms with Gasteiger partial charge in [0.05, 0.1) is 6.04 Å². The van der Waals surface area contributed by atoms with E-state index < -0.39 is 0 Å². The van der Waals surface area contributed by atoms with E-state index in [0.29, 0.717) is 12.1 Å².